The van der Waals surface area contributed by atoms with Crippen LogP contribution in [0.25, 0.3) is 16.6 Å². The average molecular weight is 370 g/mol. The summed E-state index contributed by atoms with van der Waals surface area (Å²) in [5, 5.41) is 24.5. The Hall–Kier alpha value is -2.66. The summed E-state index contributed by atoms with van der Waals surface area (Å²) in [7, 11) is 1.78. The zero-order chi connectivity index (χ0) is 17.6. The summed E-state index contributed by atoms with van der Waals surface area (Å²) < 4.78 is 0. The molecule has 0 saturated heterocycles. The number of hydrogen-bond donors (Lipinski definition) is 2. The Morgan fingerprint density at radius 2 is 2.16 bits per heavy atom. The molecule has 6 nitrogen and oxygen atoms in total. The lowest BCUT2D eigenvalue weighted by Crippen LogP contribution is -2.38. The highest BCUT2D eigenvalue weighted by Gasteiger charge is 2.31. The number of benzene rings is 1. The first-order valence-corrected chi connectivity index (χ1v) is 8.68. The van der Waals surface area contributed by atoms with Crippen LogP contribution in [0.15, 0.2) is 41.5 Å². The lowest BCUT2D eigenvalue weighted by atomic mass is 10.1. The number of aliphatic hydroxyl groups excluding tert-OH is 1. The number of nitrogens with zero attached hydrogens (tertiary/aromatic N) is 4. The Labute approximate surface area is 152 Å². The number of aliphatic hydroxyl groups is 1. The van der Waals surface area contributed by atoms with Crippen molar-refractivity contribution in [2.75, 3.05) is 12.1 Å². The van der Waals surface area contributed by atoms with Crippen molar-refractivity contribution in [3.63, 3.8) is 0 Å². The van der Waals surface area contributed by atoms with Crippen molar-refractivity contribution >= 4 is 45.4 Å². The lowest BCUT2D eigenvalue weighted by molar-refractivity contribution is 0.348. The largest absolute Gasteiger partial charge is 0.509 e. The summed E-state index contributed by atoms with van der Waals surface area (Å²) in [6.07, 6.45) is 0. The van der Waals surface area contributed by atoms with Crippen molar-refractivity contribution in [2.24, 2.45) is 0 Å². The Bertz CT molecular complexity index is 1040. The number of aromatic nitrogens is 2. The maximum atomic E-state index is 10.8. The molecule has 0 radical (unpaired) electrons. The van der Waals surface area contributed by atoms with E-state index < -0.39 is 6.04 Å². The van der Waals surface area contributed by atoms with Gasteiger partial charge in [0.05, 0.1) is 11.0 Å². The van der Waals surface area contributed by atoms with E-state index in [2.05, 4.69) is 21.5 Å². The third-order valence-electron chi connectivity index (χ3n) is 3.95. The van der Waals surface area contributed by atoms with E-state index in [0.717, 1.165) is 4.88 Å². The van der Waals surface area contributed by atoms with E-state index in [4.69, 9.17) is 11.6 Å². The van der Waals surface area contributed by atoms with Gasteiger partial charge in [-0.1, -0.05) is 17.7 Å². The Balaban J connectivity index is 1.98. The third-order valence-corrected chi connectivity index (χ3v) is 5.13. The molecule has 8 heteroatoms. The van der Waals surface area contributed by atoms with Crippen LogP contribution in [-0.2, 0) is 0 Å². The lowest BCUT2D eigenvalue weighted by Gasteiger charge is -2.23. The van der Waals surface area contributed by atoms with E-state index in [1.165, 1.54) is 11.3 Å². The van der Waals surface area contributed by atoms with Crippen molar-refractivity contribution in [2.45, 2.75) is 6.04 Å². The summed E-state index contributed by atoms with van der Waals surface area (Å²) in [4.78, 5) is 10.0. The number of anilines is 1. The standard InChI is InChI=1S/C17H12ClN5OS/c1-23-17-14(20-12-7-9(18)4-5-11(12)21-17)10(8-19)16(24)15(22-23)13-3-2-6-25-13/h2-7,15,22,24H,1H3. The summed E-state index contributed by atoms with van der Waals surface area (Å²) >= 11 is 7.53. The second-order valence-corrected chi connectivity index (χ2v) is 6.95. The van der Waals surface area contributed by atoms with Gasteiger partial charge in [0.15, 0.2) is 5.82 Å². The molecule has 0 bridgehead atoms. The number of nitriles is 1. The molecule has 0 saturated carbocycles. The van der Waals surface area contributed by atoms with Crippen LogP contribution in [0, 0.1) is 11.3 Å². The number of thiophene rings is 1. The van der Waals surface area contributed by atoms with Crippen LogP contribution in [0.2, 0.25) is 5.02 Å². The number of hydrogen-bond acceptors (Lipinski definition) is 7. The molecule has 25 heavy (non-hydrogen) atoms. The van der Waals surface area contributed by atoms with E-state index in [1.54, 1.807) is 30.3 Å². The molecule has 124 valence electrons. The molecule has 1 aliphatic heterocycles. The molecule has 3 heterocycles. The fourth-order valence-corrected chi connectivity index (χ4v) is 3.70. The highest BCUT2D eigenvalue weighted by atomic mass is 35.5. The van der Waals surface area contributed by atoms with Crippen LogP contribution < -0.4 is 10.4 Å². The molecule has 1 aliphatic rings. The van der Waals surface area contributed by atoms with Gasteiger partial charge in [0, 0.05) is 16.9 Å². The van der Waals surface area contributed by atoms with Gasteiger partial charge in [-0.25, -0.2) is 15.4 Å². The maximum absolute atomic E-state index is 10.8. The third kappa shape index (κ3) is 2.61. The Kier molecular flexibility index (Phi) is 3.81. The van der Waals surface area contributed by atoms with Crippen molar-refractivity contribution in [3.05, 3.63) is 57.1 Å². The number of hydrazine groups is 1. The first-order chi connectivity index (χ1) is 12.1. The van der Waals surface area contributed by atoms with Gasteiger partial charge in [-0.2, -0.15) is 5.26 Å². The van der Waals surface area contributed by atoms with Crippen molar-refractivity contribution in [1.29, 1.82) is 5.26 Å². The first kappa shape index (κ1) is 15.8. The summed E-state index contributed by atoms with van der Waals surface area (Å²) in [6, 6.07) is 10.5. The van der Waals surface area contributed by atoms with Crippen LogP contribution in [0.1, 0.15) is 16.6 Å². The summed E-state index contributed by atoms with van der Waals surface area (Å²) in [5.41, 5.74) is 4.82. The minimum Gasteiger partial charge on any atom is -0.509 e. The molecule has 1 unspecified atom stereocenters. The number of allylic oxidation sites excluding steroid dienone is 1. The van der Waals surface area contributed by atoms with Crippen LogP contribution in [0.5, 0.6) is 0 Å². The summed E-state index contributed by atoms with van der Waals surface area (Å²) in [5.74, 6) is 0.392. The molecule has 0 fully saturated rings. The molecule has 0 aliphatic carbocycles. The van der Waals surface area contributed by atoms with Crippen molar-refractivity contribution in [3.8, 4) is 6.07 Å². The highest BCUT2D eigenvalue weighted by molar-refractivity contribution is 7.10. The zero-order valence-electron chi connectivity index (χ0n) is 13.1. The fraction of sp³-hybridized carbons (Fsp3) is 0.118. The predicted octanol–water partition coefficient (Wildman–Crippen LogP) is 3.83. The van der Waals surface area contributed by atoms with Gasteiger partial charge in [0.25, 0.3) is 0 Å². The van der Waals surface area contributed by atoms with E-state index in [-0.39, 0.29) is 11.3 Å². The molecule has 4 rings (SSSR count). The van der Waals surface area contributed by atoms with Crippen LogP contribution in [0.4, 0.5) is 5.82 Å². The van der Waals surface area contributed by atoms with Gasteiger partial charge in [-0.15, -0.1) is 11.3 Å². The molecule has 0 amide bonds. The topological polar surface area (TPSA) is 85.1 Å². The van der Waals surface area contributed by atoms with E-state index >= 15 is 0 Å². The number of nitrogens with one attached hydrogen (secondary N) is 1. The minimum absolute atomic E-state index is 0.0776. The van der Waals surface area contributed by atoms with E-state index in [9.17, 15) is 10.4 Å². The molecular formula is C17H12ClN5OS. The van der Waals surface area contributed by atoms with Gasteiger partial charge < -0.3 is 5.11 Å². The average Bonchev–Trinajstić information content (AvgIpc) is 3.10. The van der Waals surface area contributed by atoms with Crippen molar-refractivity contribution < 1.29 is 5.11 Å². The van der Waals surface area contributed by atoms with Gasteiger partial charge in [0.1, 0.15) is 29.1 Å². The molecule has 3 aromatic rings. The molecule has 1 aromatic carbocycles. The smallest absolute Gasteiger partial charge is 0.170 e. The maximum Gasteiger partial charge on any atom is 0.170 e. The number of fused-ring (bicyclic) bond motifs is 2. The minimum atomic E-state index is -0.539. The van der Waals surface area contributed by atoms with E-state index in [1.807, 2.05) is 17.5 Å². The molecule has 1 atom stereocenters. The molecule has 0 spiro atoms. The van der Waals surface area contributed by atoms with Gasteiger partial charge >= 0.3 is 0 Å². The Morgan fingerprint density at radius 1 is 1.32 bits per heavy atom. The number of rotatable bonds is 1. The predicted molar refractivity (Wildman–Crippen MR) is 98.3 cm³/mol. The van der Waals surface area contributed by atoms with Gasteiger partial charge in [0.2, 0.25) is 0 Å². The van der Waals surface area contributed by atoms with Gasteiger partial charge in [-0.3, -0.25) is 5.01 Å². The van der Waals surface area contributed by atoms with Crippen LogP contribution in [0.3, 0.4) is 0 Å². The zero-order valence-corrected chi connectivity index (χ0v) is 14.6. The number of halogens is 1. The first-order valence-electron chi connectivity index (χ1n) is 7.42. The highest BCUT2D eigenvalue weighted by Crippen LogP contribution is 2.36. The normalized spacial score (nSPS) is 17.3. The second-order valence-electron chi connectivity index (χ2n) is 5.54. The molecule has 2 N–H and O–H groups in total. The fourth-order valence-electron chi connectivity index (χ4n) is 2.77. The van der Waals surface area contributed by atoms with E-state index in [0.29, 0.717) is 27.6 Å². The quantitative estimate of drug-likeness (QED) is 0.678. The Morgan fingerprint density at radius 3 is 2.88 bits per heavy atom. The monoisotopic (exact) mass is 369 g/mol. The van der Waals surface area contributed by atoms with Crippen molar-refractivity contribution in [1.82, 2.24) is 15.4 Å². The van der Waals surface area contributed by atoms with Crippen LogP contribution in [-0.4, -0.2) is 22.1 Å². The summed E-state index contributed by atoms with van der Waals surface area (Å²) in [6.45, 7) is 0. The van der Waals surface area contributed by atoms with Gasteiger partial charge in [-0.05, 0) is 29.6 Å². The van der Waals surface area contributed by atoms with Crippen LogP contribution >= 0.6 is 22.9 Å². The molecular weight excluding hydrogens is 358 g/mol. The SMILES string of the molecule is CN1NC(c2cccs2)C(O)=C(C#N)c2nc3cc(Cl)ccc3nc21. The second kappa shape index (κ2) is 6.01. The molecule has 2 aromatic heterocycles.